The highest BCUT2D eigenvalue weighted by Gasteiger charge is 1.85. The molecule has 0 unspecified atom stereocenters. The predicted octanol–water partition coefficient (Wildman–Crippen LogP) is 0.594. The minimum absolute atomic E-state index is 0.530. The van der Waals surface area contributed by atoms with Crippen molar-refractivity contribution in [3.8, 4) is 0 Å². The molecule has 1 amide bonds. The van der Waals surface area contributed by atoms with Crippen molar-refractivity contribution in [2.75, 3.05) is 7.05 Å². The second-order valence-corrected chi connectivity index (χ2v) is 2.20. The predicted molar refractivity (Wildman–Crippen MR) is 40.6 cm³/mol. The molecule has 0 aliphatic heterocycles. The summed E-state index contributed by atoms with van der Waals surface area (Å²) in [6.45, 7) is 4.04. The first-order chi connectivity index (χ1) is 4.68. The molecular weight excluding hydrogens is 130 g/mol. The van der Waals surface area contributed by atoms with E-state index in [1.165, 1.54) is 0 Å². The Morgan fingerprint density at radius 2 is 1.80 bits per heavy atom. The molecule has 0 rings (SSSR count). The van der Waals surface area contributed by atoms with Crippen LogP contribution in [0.4, 0.5) is 0 Å². The van der Waals surface area contributed by atoms with E-state index in [0.29, 0.717) is 18.7 Å². The van der Waals surface area contributed by atoms with Crippen molar-refractivity contribution < 1.29 is 9.59 Å². The zero-order chi connectivity index (χ0) is 8.41. The minimum atomic E-state index is 0.530. The number of rotatable bonds is 3. The van der Waals surface area contributed by atoms with Gasteiger partial charge in [0.25, 0.3) is 0 Å². The monoisotopic (exact) mass is 145 g/mol. The highest BCUT2D eigenvalue weighted by Crippen LogP contribution is 1.92. The average molecular weight is 145 g/mol. The molecule has 3 nitrogen and oxygen atoms in total. The first-order valence-electron chi connectivity index (χ1n) is 3.23. The molecule has 0 atom stereocenters. The second kappa shape index (κ2) is 11.0. The van der Waals surface area contributed by atoms with Gasteiger partial charge in [0, 0.05) is 13.5 Å². The Labute approximate surface area is 61.8 Å². The lowest BCUT2D eigenvalue weighted by Gasteiger charge is -1.89. The largest absolute Gasteiger partial charge is 0.362 e. The summed E-state index contributed by atoms with van der Waals surface area (Å²) in [5, 5.41) is 2.25. The topological polar surface area (TPSA) is 46.2 Å². The smallest absolute Gasteiger partial charge is 0.206 e. The van der Waals surface area contributed by atoms with Crippen LogP contribution in [0.5, 0.6) is 0 Å². The molecule has 0 heterocycles. The maximum Gasteiger partial charge on any atom is 0.206 e. The SMILES string of the molecule is CC(C)CC=O.CNC=O. The van der Waals surface area contributed by atoms with Gasteiger partial charge in [0.2, 0.25) is 6.41 Å². The van der Waals surface area contributed by atoms with Crippen LogP contribution in [-0.2, 0) is 9.59 Å². The molecule has 3 heteroatoms. The Bertz CT molecular complexity index is 81.7. The summed E-state index contributed by atoms with van der Waals surface area (Å²) >= 11 is 0. The summed E-state index contributed by atoms with van der Waals surface area (Å²) < 4.78 is 0. The zero-order valence-electron chi connectivity index (χ0n) is 6.76. The van der Waals surface area contributed by atoms with Gasteiger partial charge in [-0.3, -0.25) is 4.79 Å². The third-order valence-electron chi connectivity index (χ3n) is 0.685. The summed E-state index contributed by atoms with van der Waals surface area (Å²) in [6.07, 6.45) is 2.27. The van der Waals surface area contributed by atoms with Gasteiger partial charge in [-0.15, -0.1) is 0 Å². The van der Waals surface area contributed by atoms with E-state index in [2.05, 4.69) is 5.32 Å². The van der Waals surface area contributed by atoms with Crippen LogP contribution in [0.15, 0.2) is 0 Å². The third kappa shape index (κ3) is 27.3. The first kappa shape index (κ1) is 11.9. The number of aldehydes is 1. The molecule has 0 radical (unpaired) electrons. The molecule has 0 aliphatic carbocycles. The molecule has 0 aromatic heterocycles. The quantitative estimate of drug-likeness (QED) is 0.591. The minimum Gasteiger partial charge on any atom is -0.362 e. The normalized spacial score (nSPS) is 7.60. The van der Waals surface area contributed by atoms with Gasteiger partial charge in [0.15, 0.2) is 0 Å². The molecule has 0 aromatic carbocycles. The third-order valence-corrected chi connectivity index (χ3v) is 0.685. The molecule has 60 valence electrons. The van der Waals surface area contributed by atoms with Crippen LogP contribution in [-0.4, -0.2) is 19.7 Å². The number of hydrogen-bond acceptors (Lipinski definition) is 2. The fourth-order valence-corrected chi connectivity index (χ4v) is 0.192. The van der Waals surface area contributed by atoms with Gasteiger partial charge in [-0.05, 0) is 5.92 Å². The zero-order valence-corrected chi connectivity index (χ0v) is 6.76. The molecule has 0 spiro atoms. The van der Waals surface area contributed by atoms with Crippen LogP contribution in [0, 0.1) is 5.92 Å². The molecule has 0 saturated heterocycles. The Balaban J connectivity index is 0. The van der Waals surface area contributed by atoms with E-state index in [4.69, 9.17) is 4.79 Å². The summed E-state index contributed by atoms with van der Waals surface area (Å²) in [5.74, 6) is 0.530. The summed E-state index contributed by atoms with van der Waals surface area (Å²) in [6, 6.07) is 0. The Hall–Kier alpha value is -0.860. The van der Waals surface area contributed by atoms with E-state index in [9.17, 15) is 4.79 Å². The van der Waals surface area contributed by atoms with Gasteiger partial charge in [-0.1, -0.05) is 13.8 Å². The van der Waals surface area contributed by atoms with Gasteiger partial charge in [0.05, 0.1) is 0 Å². The number of carbonyl (C=O) groups excluding carboxylic acids is 2. The summed E-state index contributed by atoms with van der Waals surface area (Å²) in [5.41, 5.74) is 0. The van der Waals surface area contributed by atoms with Crippen molar-refractivity contribution in [2.45, 2.75) is 20.3 Å². The van der Waals surface area contributed by atoms with Crippen molar-refractivity contribution >= 4 is 12.7 Å². The molecular formula is C7H15NO2. The lowest BCUT2D eigenvalue weighted by Crippen LogP contribution is -1.98. The molecule has 1 N–H and O–H groups in total. The van der Waals surface area contributed by atoms with Crippen LogP contribution in [0.2, 0.25) is 0 Å². The van der Waals surface area contributed by atoms with Gasteiger partial charge in [-0.2, -0.15) is 0 Å². The summed E-state index contributed by atoms with van der Waals surface area (Å²) in [7, 11) is 1.56. The lowest BCUT2D eigenvalue weighted by atomic mass is 10.2. The first-order valence-corrected chi connectivity index (χ1v) is 3.23. The van der Waals surface area contributed by atoms with Crippen molar-refractivity contribution in [1.29, 1.82) is 0 Å². The Morgan fingerprint density at radius 1 is 1.40 bits per heavy atom. The maximum atomic E-state index is 9.62. The molecule has 0 aromatic rings. The molecule has 0 fully saturated rings. The van der Waals surface area contributed by atoms with Gasteiger partial charge >= 0.3 is 0 Å². The van der Waals surface area contributed by atoms with E-state index in [1.54, 1.807) is 7.05 Å². The van der Waals surface area contributed by atoms with Crippen LogP contribution in [0.1, 0.15) is 20.3 Å². The number of carbonyl (C=O) groups is 2. The number of amides is 1. The lowest BCUT2D eigenvalue weighted by molar-refractivity contribution is -0.109. The van der Waals surface area contributed by atoms with E-state index in [0.717, 1.165) is 6.29 Å². The molecule has 10 heavy (non-hydrogen) atoms. The molecule has 0 saturated carbocycles. The van der Waals surface area contributed by atoms with E-state index in [-0.39, 0.29) is 0 Å². The fourth-order valence-electron chi connectivity index (χ4n) is 0.192. The van der Waals surface area contributed by atoms with Gasteiger partial charge < -0.3 is 10.1 Å². The van der Waals surface area contributed by atoms with Crippen molar-refractivity contribution in [1.82, 2.24) is 5.32 Å². The Kier molecular flexibility index (Phi) is 13.1. The van der Waals surface area contributed by atoms with Gasteiger partial charge in [-0.25, -0.2) is 0 Å². The molecule has 0 aliphatic rings. The van der Waals surface area contributed by atoms with E-state index >= 15 is 0 Å². The van der Waals surface area contributed by atoms with Crippen LogP contribution in [0.25, 0.3) is 0 Å². The van der Waals surface area contributed by atoms with E-state index < -0.39 is 0 Å². The van der Waals surface area contributed by atoms with Crippen molar-refractivity contribution in [2.24, 2.45) is 5.92 Å². The second-order valence-electron chi connectivity index (χ2n) is 2.20. The number of nitrogens with one attached hydrogen (secondary N) is 1. The maximum absolute atomic E-state index is 9.62. The van der Waals surface area contributed by atoms with E-state index in [1.807, 2.05) is 13.8 Å². The highest BCUT2D eigenvalue weighted by atomic mass is 16.1. The van der Waals surface area contributed by atoms with Crippen molar-refractivity contribution in [3.63, 3.8) is 0 Å². The average Bonchev–Trinajstić information content (AvgIpc) is 1.89. The van der Waals surface area contributed by atoms with Crippen LogP contribution in [0.3, 0.4) is 0 Å². The highest BCUT2D eigenvalue weighted by molar-refractivity contribution is 5.49. The molecule has 0 bridgehead atoms. The van der Waals surface area contributed by atoms with Crippen LogP contribution < -0.4 is 5.32 Å². The summed E-state index contributed by atoms with van der Waals surface area (Å²) in [4.78, 5) is 18.7. The fraction of sp³-hybridized carbons (Fsp3) is 0.714. The van der Waals surface area contributed by atoms with Gasteiger partial charge in [0.1, 0.15) is 6.29 Å². The Morgan fingerprint density at radius 3 is 1.80 bits per heavy atom. The standard InChI is InChI=1S/C5H10O.C2H5NO/c1-5(2)3-4-6;1-3-2-4/h4-5H,3H2,1-2H3;2H,1H3,(H,3,4). The van der Waals surface area contributed by atoms with Crippen LogP contribution >= 0.6 is 0 Å². The number of hydrogen-bond donors (Lipinski definition) is 1. The van der Waals surface area contributed by atoms with Crippen molar-refractivity contribution in [3.05, 3.63) is 0 Å².